The molecule has 2 N–H and O–H groups in total. The van der Waals surface area contributed by atoms with Crippen LogP contribution in [-0.2, 0) is 6.54 Å². The average Bonchev–Trinajstić information content (AvgIpc) is 2.39. The van der Waals surface area contributed by atoms with Crippen LogP contribution in [0, 0.1) is 5.82 Å². The summed E-state index contributed by atoms with van der Waals surface area (Å²) in [5.41, 5.74) is 1.66. The van der Waals surface area contributed by atoms with E-state index in [1.807, 2.05) is 19.1 Å². The van der Waals surface area contributed by atoms with E-state index < -0.39 is 0 Å². The predicted molar refractivity (Wildman–Crippen MR) is 80.5 cm³/mol. The van der Waals surface area contributed by atoms with Crippen LogP contribution >= 0.6 is 0 Å². The summed E-state index contributed by atoms with van der Waals surface area (Å²) in [6, 6.07) is 5.95. The first-order valence-corrected chi connectivity index (χ1v) is 7.63. The molecule has 112 valence electrons. The van der Waals surface area contributed by atoms with Gasteiger partial charge in [-0.15, -0.1) is 0 Å². The van der Waals surface area contributed by atoms with E-state index in [1.54, 1.807) is 6.07 Å². The third-order valence-corrected chi connectivity index (χ3v) is 3.97. The van der Waals surface area contributed by atoms with Crippen molar-refractivity contribution < 1.29 is 9.50 Å². The van der Waals surface area contributed by atoms with E-state index in [0.29, 0.717) is 24.7 Å². The third-order valence-electron chi connectivity index (χ3n) is 3.97. The van der Waals surface area contributed by atoms with Gasteiger partial charge in [0.15, 0.2) is 0 Å². The van der Waals surface area contributed by atoms with Gasteiger partial charge < -0.3 is 15.3 Å². The van der Waals surface area contributed by atoms with Crippen molar-refractivity contribution in [3.05, 3.63) is 29.6 Å². The number of aliphatic hydroxyl groups excluding tert-OH is 1. The molecule has 1 aliphatic rings. The Kier molecular flexibility index (Phi) is 5.80. The minimum absolute atomic E-state index is 0.148. The highest BCUT2D eigenvalue weighted by atomic mass is 19.1. The first-order valence-electron chi connectivity index (χ1n) is 7.63. The van der Waals surface area contributed by atoms with Gasteiger partial charge in [-0.1, -0.05) is 13.0 Å². The highest BCUT2D eigenvalue weighted by molar-refractivity contribution is 5.50. The summed E-state index contributed by atoms with van der Waals surface area (Å²) in [4.78, 5) is 2.13. The molecule has 4 heteroatoms. The molecular weight excluding hydrogens is 255 g/mol. The molecule has 0 aliphatic heterocycles. The monoisotopic (exact) mass is 280 g/mol. The van der Waals surface area contributed by atoms with Crippen LogP contribution in [0.5, 0.6) is 0 Å². The summed E-state index contributed by atoms with van der Waals surface area (Å²) in [5, 5.41) is 12.2. The van der Waals surface area contributed by atoms with Gasteiger partial charge in [0.25, 0.3) is 0 Å². The van der Waals surface area contributed by atoms with Crippen molar-refractivity contribution in [2.45, 2.75) is 45.2 Å². The van der Waals surface area contributed by atoms with Crippen LogP contribution in [0.2, 0.25) is 0 Å². The summed E-state index contributed by atoms with van der Waals surface area (Å²) < 4.78 is 14.3. The number of benzene rings is 1. The van der Waals surface area contributed by atoms with E-state index in [-0.39, 0.29) is 12.4 Å². The molecule has 1 fully saturated rings. The number of rotatable bonds is 8. The summed E-state index contributed by atoms with van der Waals surface area (Å²) in [5.74, 6) is -0.148. The van der Waals surface area contributed by atoms with Gasteiger partial charge in [-0.05, 0) is 49.9 Å². The van der Waals surface area contributed by atoms with Crippen LogP contribution in [0.15, 0.2) is 18.2 Å². The van der Waals surface area contributed by atoms with Crippen molar-refractivity contribution in [1.29, 1.82) is 0 Å². The standard InChI is InChI=1S/C16H25FN2O/c1-2-18-12-13-7-8-16(15(17)11-13)19(9-4-10-20)14-5-3-6-14/h7-8,11,14,18,20H,2-6,9-10,12H2,1H3. The topological polar surface area (TPSA) is 35.5 Å². The third kappa shape index (κ3) is 3.70. The van der Waals surface area contributed by atoms with Crippen LogP contribution in [0.4, 0.5) is 10.1 Å². The zero-order chi connectivity index (χ0) is 14.4. The van der Waals surface area contributed by atoms with E-state index in [9.17, 15) is 4.39 Å². The Bertz CT molecular complexity index is 421. The van der Waals surface area contributed by atoms with Gasteiger partial charge in [-0.25, -0.2) is 4.39 Å². The van der Waals surface area contributed by atoms with Gasteiger partial charge in [0.2, 0.25) is 0 Å². The highest BCUT2D eigenvalue weighted by Gasteiger charge is 2.26. The van der Waals surface area contributed by atoms with Crippen LogP contribution < -0.4 is 10.2 Å². The zero-order valence-electron chi connectivity index (χ0n) is 12.2. The van der Waals surface area contributed by atoms with Crippen molar-refractivity contribution in [3.8, 4) is 0 Å². The molecule has 1 saturated carbocycles. The second-order valence-electron chi connectivity index (χ2n) is 5.42. The molecule has 1 aromatic rings. The van der Waals surface area contributed by atoms with Gasteiger partial charge in [0.05, 0.1) is 5.69 Å². The normalized spacial score (nSPS) is 15.2. The lowest BCUT2D eigenvalue weighted by atomic mass is 9.90. The lowest BCUT2D eigenvalue weighted by Gasteiger charge is -2.39. The summed E-state index contributed by atoms with van der Waals surface area (Å²) in [7, 11) is 0. The van der Waals surface area contributed by atoms with Crippen LogP contribution in [-0.4, -0.2) is 30.8 Å². The Labute approximate surface area is 120 Å². The smallest absolute Gasteiger partial charge is 0.146 e. The predicted octanol–water partition coefficient (Wildman–Crippen LogP) is 2.68. The highest BCUT2D eigenvalue weighted by Crippen LogP contribution is 2.31. The van der Waals surface area contributed by atoms with Crippen molar-refractivity contribution in [1.82, 2.24) is 5.32 Å². The lowest BCUT2D eigenvalue weighted by Crippen LogP contribution is -2.41. The molecule has 2 rings (SSSR count). The van der Waals surface area contributed by atoms with Crippen molar-refractivity contribution in [2.24, 2.45) is 0 Å². The molecule has 0 spiro atoms. The van der Waals surface area contributed by atoms with Gasteiger partial charge >= 0.3 is 0 Å². The fourth-order valence-corrected chi connectivity index (χ4v) is 2.60. The average molecular weight is 280 g/mol. The number of hydrogen-bond acceptors (Lipinski definition) is 3. The molecule has 0 bridgehead atoms. The van der Waals surface area contributed by atoms with Gasteiger partial charge in [0, 0.05) is 25.7 Å². The first-order chi connectivity index (χ1) is 9.76. The molecule has 0 unspecified atom stereocenters. The second kappa shape index (κ2) is 7.60. The lowest BCUT2D eigenvalue weighted by molar-refractivity contribution is 0.282. The van der Waals surface area contributed by atoms with E-state index in [1.165, 1.54) is 6.42 Å². The molecule has 0 aromatic heterocycles. The number of halogens is 1. The number of aliphatic hydroxyl groups is 1. The van der Waals surface area contributed by atoms with Crippen LogP contribution in [0.25, 0.3) is 0 Å². The first kappa shape index (κ1) is 15.3. The molecular formula is C16H25FN2O. The molecule has 0 amide bonds. The maximum Gasteiger partial charge on any atom is 0.146 e. The Morgan fingerprint density at radius 1 is 1.40 bits per heavy atom. The Morgan fingerprint density at radius 2 is 2.20 bits per heavy atom. The SMILES string of the molecule is CCNCc1ccc(N(CCCO)C2CCC2)c(F)c1. The zero-order valence-corrected chi connectivity index (χ0v) is 12.2. The van der Waals surface area contributed by atoms with Crippen LogP contribution in [0.1, 0.15) is 38.2 Å². The van der Waals surface area contributed by atoms with Gasteiger partial charge in [0.1, 0.15) is 5.82 Å². The van der Waals surface area contributed by atoms with E-state index in [2.05, 4.69) is 10.2 Å². The summed E-state index contributed by atoms with van der Waals surface area (Å²) in [6.07, 6.45) is 4.17. The number of nitrogens with zero attached hydrogens (tertiary/aromatic N) is 1. The van der Waals surface area contributed by atoms with Crippen molar-refractivity contribution in [3.63, 3.8) is 0 Å². The summed E-state index contributed by atoms with van der Waals surface area (Å²) in [6.45, 7) is 4.51. The van der Waals surface area contributed by atoms with Gasteiger partial charge in [-0.2, -0.15) is 0 Å². The molecule has 3 nitrogen and oxygen atoms in total. The van der Waals surface area contributed by atoms with E-state index in [4.69, 9.17) is 5.11 Å². The number of nitrogens with one attached hydrogen (secondary N) is 1. The van der Waals surface area contributed by atoms with Crippen molar-refractivity contribution >= 4 is 5.69 Å². The fraction of sp³-hybridized carbons (Fsp3) is 0.625. The molecule has 0 atom stereocenters. The van der Waals surface area contributed by atoms with Crippen LogP contribution in [0.3, 0.4) is 0 Å². The minimum atomic E-state index is -0.148. The molecule has 0 heterocycles. The Balaban J connectivity index is 2.10. The van der Waals surface area contributed by atoms with Gasteiger partial charge in [-0.3, -0.25) is 0 Å². The van der Waals surface area contributed by atoms with E-state index >= 15 is 0 Å². The second-order valence-corrected chi connectivity index (χ2v) is 5.42. The molecule has 1 aliphatic carbocycles. The Hall–Kier alpha value is -1.13. The van der Waals surface area contributed by atoms with E-state index in [0.717, 1.165) is 31.5 Å². The molecule has 0 radical (unpaired) electrons. The molecule has 20 heavy (non-hydrogen) atoms. The molecule has 0 saturated heterocycles. The maximum atomic E-state index is 14.3. The quantitative estimate of drug-likeness (QED) is 0.768. The van der Waals surface area contributed by atoms with Crippen molar-refractivity contribution in [2.75, 3.05) is 24.6 Å². The number of hydrogen-bond donors (Lipinski definition) is 2. The minimum Gasteiger partial charge on any atom is -0.396 e. The summed E-state index contributed by atoms with van der Waals surface area (Å²) >= 11 is 0. The largest absolute Gasteiger partial charge is 0.396 e. The maximum absolute atomic E-state index is 14.3. The molecule has 1 aromatic carbocycles. The fourth-order valence-electron chi connectivity index (χ4n) is 2.60. The Morgan fingerprint density at radius 3 is 2.75 bits per heavy atom. The number of anilines is 1.